The summed E-state index contributed by atoms with van der Waals surface area (Å²) in [5.74, 6) is -0.130. The molecule has 7 heteroatoms. The molecule has 0 bridgehead atoms. The van der Waals surface area contributed by atoms with Crippen LogP contribution >= 0.6 is 23.4 Å². The number of carbonyl (C=O) groups is 2. The smallest absolute Gasteiger partial charge is 0.286 e. The summed E-state index contributed by atoms with van der Waals surface area (Å²) in [5.41, 5.74) is 1.64. The van der Waals surface area contributed by atoms with Gasteiger partial charge in [-0.25, -0.2) is 0 Å². The molecule has 2 aromatic rings. The highest BCUT2D eigenvalue weighted by atomic mass is 35.5. The monoisotopic (exact) mass is 404 g/mol. The van der Waals surface area contributed by atoms with Crippen LogP contribution < -0.4 is 15.1 Å². The van der Waals surface area contributed by atoms with E-state index in [9.17, 15) is 9.59 Å². The molecule has 1 aliphatic rings. The van der Waals surface area contributed by atoms with E-state index in [0.29, 0.717) is 5.02 Å². The van der Waals surface area contributed by atoms with Crippen molar-refractivity contribution in [3.05, 3.63) is 47.5 Å². The van der Waals surface area contributed by atoms with Crippen LogP contribution in [0.3, 0.4) is 0 Å². The predicted molar refractivity (Wildman–Crippen MR) is 109 cm³/mol. The summed E-state index contributed by atoms with van der Waals surface area (Å²) in [7, 11) is 1.85. The molecule has 1 unspecified atom stereocenters. The van der Waals surface area contributed by atoms with E-state index in [0.717, 1.165) is 26.1 Å². The van der Waals surface area contributed by atoms with Crippen molar-refractivity contribution in [2.75, 3.05) is 25.0 Å². The first-order chi connectivity index (χ1) is 12.8. The summed E-state index contributed by atoms with van der Waals surface area (Å²) in [6.07, 6.45) is 0. The fraction of sp³-hybridized carbons (Fsp3) is 0.300. The molecule has 1 heterocycles. The molecule has 0 fully saturated rings. The summed E-state index contributed by atoms with van der Waals surface area (Å²) in [4.78, 5) is 29.7. The Morgan fingerprint density at radius 1 is 1.11 bits per heavy atom. The molecule has 0 radical (unpaired) electrons. The van der Waals surface area contributed by atoms with Crippen LogP contribution in [-0.2, 0) is 9.59 Å². The molecule has 2 amide bonds. The van der Waals surface area contributed by atoms with Crippen LogP contribution in [0.2, 0.25) is 5.02 Å². The SMILES string of the molecule is CC(C)NC(=O)C[NH+](C)CC(=O)N1c2ccccc2Sc2ccc(Cl)cc21. The van der Waals surface area contributed by atoms with Crippen LogP contribution in [0, 0.1) is 0 Å². The second kappa shape index (κ2) is 8.33. The summed E-state index contributed by atoms with van der Waals surface area (Å²) in [6, 6.07) is 13.5. The van der Waals surface area contributed by atoms with Gasteiger partial charge in [0.1, 0.15) is 0 Å². The van der Waals surface area contributed by atoms with E-state index in [1.807, 2.05) is 63.4 Å². The predicted octanol–water partition coefficient (Wildman–Crippen LogP) is 2.51. The van der Waals surface area contributed by atoms with E-state index in [4.69, 9.17) is 11.6 Å². The van der Waals surface area contributed by atoms with Crippen molar-refractivity contribution in [2.45, 2.75) is 29.7 Å². The molecule has 0 saturated heterocycles. The highest BCUT2D eigenvalue weighted by Crippen LogP contribution is 2.48. The van der Waals surface area contributed by atoms with Crippen molar-refractivity contribution < 1.29 is 14.5 Å². The Balaban J connectivity index is 1.84. The van der Waals surface area contributed by atoms with Gasteiger partial charge in [0.05, 0.1) is 18.4 Å². The summed E-state index contributed by atoms with van der Waals surface area (Å²) < 4.78 is 0. The van der Waals surface area contributed by atoms with E-state index in [-0.39, 0.29) is 30.9 Å². The van der Waals surface area contributed by atoms with Crippen LogP contribution in [-0.4, -0.2) is 38.0 Å². The summed E-state index contributed by atoms with van der Waals surface area (Å²) in [6.45, 7) is 4.29. The fourth-order valence-corrected chi connectivity index (χ4v) is 4.25. The number of fused-ring (bicyclic) bond motifs is 2. The molecule has 5 nitrogen and oxygen atoms in total. The van der Waals surface area contributed by atoms with Crippen LogP contribution in [0.4, 0.5) is 11.4 Å². The molecule has 0 aromatic heterocycles. The van der Waals surface area contributed by atoms with Crippen molar-refractivity contribution >= 4 is 46.6 Å². The Morgan fingerprint density at radius 2 is 1.81 bits per heavy atom. The van der Waals surface area contributed by atoms with Gasteiger partial charge in [-0.05, 0) is 44.2 Å². The molecule has 0 saturated carbocycles. The lowest BCUT2D eigenvalue weighted by molar-refractivity contribution is -0.862. The van der Waals surface area contributed by atoms with E-state index in [1.165, 1.54) is 0 Å². The van der Waals surface area contributed by atoms with Gasteiger partial charge in [0.25, 0.3) is 11.8 Å². The number of hydrogen-bond acceptors (Lipinski definition) is 3. The molecule has 0 aliphatic carbocycles. The van der Waals surface area contributed by atoms with Gasteiger partial charge in [-0.1, -0.05) is 35.5 Å². The van der Waals surface area contributed by atoms with Gasteiger partial charge in [0.2, 0.25) is 0 Å². The van der Waals surface area contributed by atoms with E-state index < -0.39 is 0 Å². The average molecular weight is 405 g/mol. The normalized spacial score (nSPS) is 13.7. The number of carbonyl (C=O) groups excluding carboxylic acids is 2. The Hall–Kier alpha value is -2.02. The van der Waals surface area contributed by atoms with Crippen LogP contribution in [0.5, 0.6) is 0 Å². The van der Waals surface area contributed by atoms with Crippen molar-refractivity contribution in [1.29, 1.82) is 0 Å². The fourth-order valence-electron chi connectivity index (χ4n) is 3.04. The molecule has 3 rings (SSSR count). The van der Waals surface area contributed by atoms with Crippen molar-refractivity contribution in [3.63, 3.8) is 0 Å². The molecule has 1 aliphatic heterocycles. The Labute approximate surface area is 168 Å². The Bertz CT molecular complexity index is 872. The second-order valence-corrected chi connectivity index (χ2v) is 8.46. The number of likely N-dealkylation sites (N-methyl/N-ethyl adjacent to an activating group) is 1. The van der Waals surface area contributed by atoms with Crippen molar-refractivity contribution in [1.82, 2.24) is 5.32 Å². The van der Waals surface area contributed by atoms with E-state index >= 15 is 0 Å². The lowest BCUT2D eigenvalue weighted by atomic mass is 10.2. The minimum absolute atomic E-state index is 0.0617. The van der Waals surface area contributed by atoms with Gasteiger partial charge in [-0.2, -0.15) is 0 Å². The zero-order valence-electron chi connectivity index (χ0n) is 15.6. The molecule has 142 valence electrons. The van der Waals surface area contributed by atoms with Gasteiger partial charge < -0.3 is 10.2 Å². The van der Waals surface area contributed by atoms with Gasteiger partial charge in [0, 0.05) is 20.9 Å². The number of para-hydroxylation sites is 1. The molecule has 2 N–H and O–H groups in total. The lowest BCUT2D eigenvalue weighted by Gasteiger charge is -2.31. The molecular formula is C20H23ClN3O2S+. The number of hydrogen-bond donors (Lipinski definition) is 2. The average Bonchev–Trinajstić information content (AvgIpc) is 2.58. The van der Waals surface area contributed by atoms with Crippen LogP contribution in [0.1, 0.15) is 13.8 Å². The third-order valence-electron chi connectivity index (χ3n) is 4.10. The van der Waals surface area contributed by atoms with Gasteiger partial charge >= 0.3 is 0 Å². The van der Waals surface area contributed by atoms with Crippen LogP contribution in [0.15, 0.2) is 52.3 Å². The van der Waals surface area contributed by atoms with E-state index in [2.05, 4.69) is 5.32 Å². The quantitative estimate of drug-likeness (QED) is 0.805. The Morgan fingerprint density at radius 3 is 2.56 bits per heavy atom. The maximum atomic E-state index is 13.2. The maximum absolute atomic E-state index is 13.2. The lowest BCUT2D eigenvalue weighted by Crippen LogP contribution is -3.11. The first kappa shape index (κ1) is 19.7. The number of amides is 2. The topological polar surface area (TPSA) is 53.9 Å². The molecule has 2 aromatic carbocycles. The number of nitrogens with one attached hydrogen (secondary N) is 2. The molecular weight excluding hydrogens is 382 g/mol. The third-order valence-corrected chi connectivity index (χ3v) is 5.47. The molecule has 27 heavy (non-hydrogen) atoms. The maximum Gasteiger partial charge on any atom is 0.286 e. The van der Waals surface area contributed by atoms with Crippen molar-refractivity contribution in [2.24, 2.45) is 0 Å². The van der Waals surface area contributed by atoms with Gasteiger partial charge in [-0.15, -0.1) is 0 Å². The minimum atomic E-state index is -0.0684. The largest absolute Gasteiger partial charge is 0.349 e. The molecule has 0 spiro atoms. The summed E-state index contributed by atoms with van der Waals surface area (Å²) in [5, 5.41) is 3.45. The number of halogens is 1. The zero-order chi connectivity index (χ0) is 19.6. The number of anilines is 2. The number of nitrogens with zero attached hydrogens (tertiary/aromatic N) is 1. The van der Waals surface area contributed by atoms with Gasteiger partial charge in [0.15, 0.2) is 13.1 Å². The third kappa shape index (κ3) is 4.64. The summed E-state index contributed by atoms with van der Waals surface area (Å²) >= 11 is 7.82. The van der Waals surface area contributed by atoms with E-state index in [1.54, 1.807) is 16.7 Å². The van der Waals surface area contributed by atoms with Crippen LogP contribution in [0.25, 0.3) is 0 Å². The first-order valence-corrected chi connectivity index (χ1v) is 10.0. The number of rotatable bonds is 5. The first-order valence-electron chi connectivity index (χ1n) is 8.85. The number of benzene rings is 2. The molecule has 1 atom stereocenters. The Kier molecular flexibility index (Phi) is 6.09. The number of quaternary nitrogens is 1. The zero-order valence-corrected chi connectivity index (χ0v) is 17.2. The van der Waals surface area contributed by atoms with Crippen molar-refractivity contribution in [3.8, 4) is 0 Å². The standard InChI is InChI=1S/C20H22ClN3O2S/c1-13(2)22-19(25)11-23(3)12-20(26)24-15-6-4-5-7-17(15)27-18-9-8-14(21)10-16(18)24/h4-10,13H,11-12H2,1-3H3,(H,22,25)/p+1. The van der Waals surface area contributed by atoms with Gasteiger partial charge in [-0.3, -0.25) is 14.5 Å². The second-order valence-electron chi connectivity index (χ2n) is 6.94. The minimum Gasteiger partial charge on any atom is -0.349 e. The highest BCUT2D eigenvalue weighted by molar-refractivity contribution is 7.99. The highest BCUT2D eigenvalue weighted by Gasteiger charge is 2.30.